The van der Waals surface area contributed by atoms with Crippen LogP contribution in [-0.4, -0.2) is 28.4 Å². The Morgan fingerprint density at radius 3 is 2.94 bits per heavy atom. The smallest absolute Gasteiger partial charge is 0.355 e. The molecule has 2 heterocycles. The largest absolute Gasteiger partial charge is 0.461 e. The van der Waals surface area contributed by atoms with E-state index < -0.39 is 5.97 Å². The van der Waals surface area contributed by atoms with E-state index in [2.05, 4.69) is 20.9 Å². The molecule has 0 saturated carbocycles. The highest BCUT2D eigenvalue weighted by Crippen LogP contribution is 2.26. The van der Waals surface area contributed by atoms with Gasteiger partial charge in [0.2, 0.25) is 0 Å². The first-order valence-electron chi connectivity index (χ1n) is 5.36. The van der Waals surface area contributed by atoms with Crippen LogP contribution in [0.2, 0.25) is 0 Å². The third-order valence-electron chi connectivity index (χ3n) is 2.68. The highest BCUT2D eigenvalue weighted by atomic mass is 79.9. The molecule has 0 fully saturated rings. The normalized spacial score (nSPS) is 10.6. The molecule has 0 atom stereocenters. The zero-order valence-corrected chi connectivity index (χ0v) is 11.5. The monoisotopic (exact) mass is 310 g/mol. The number of nitrogens with zero attached hydrogens (tertiary/aromatic N) is 2. The van der Waals surface area contributed by atoms with Crippen molar-refractivity contribution in [3.8, 4) is 0 Å². The Morgan fingerprint density at radius 1 is 1.61 bits per heavy atom. The average Bonchev–Trinajstić information content (AvgIpc) is 2.61. The highest BCUT2D eigenvalue weighted by Gasteiger charge is 2.22. The minimum absolute atomic E-state index is 0.252. The molecule has 0 aliphatic rings. The van der Waals surface area contributed by atoms with Gasteiger partial charge >= 0.3 is 5.97 Å². The van der Waals surface area contributed by atoms with Crippen molar-refractivity contribution < 1.29 is 14.3 Å². The Balaban J connectivity index is 2.76. The number of aromatic nitrogens is 2. The summed E-state index contributed by atoms with van der Waals surface area (Å²) in [6.07, 6.45) is 2.27. The molecule has 0 amide bonds. The average molecular weight is 311 g/mol. The van der Waals surface area contributed by atoms with Gasteiger partial charge in [-0.2, -0.15) is 0 Å². The van der Waals surface area contributed by atoms with Gasteiger partial charge in [0.25, 0.3) is 0 Å². The lowest BCUT2D eigenvalue weighted by Gasteiger charge is -2.04. The van der Waals surface area contributed by atoms with Gasteiger partial charge in [0.1, 0.15) is 10.3 Å². The number of aldehydes is 1. The second kappa shape index (κ2) is 4.89. The topological polar surface area (TPSA) is 61.2 Å². The van der Waals surface area contributed by atoms with Crippen molar-refractivity contribution in [3.63, 3.8) is 0 Å². The van der Waals surface area contributed by atoms with Crippen LogP contribution < -0.4 is 0 Å². The van der Waals surface area contributed by atoms with E-state index in [0.717, 1.165) is 0 Å². The molecule has 94 valence electrons. The molecule has 0 aliphatic heterocycles. The summed E-state index contributed by atoms with van der Waals surface area (Å²) in [6, 6.07) is 1.71. The predicted octanol–water partition coefficient (Wildman–Crippen LogP) is 2.33. The number of hydrogen-bond donors (Lipinski definition) is 0. The van der Waals surface area contributed by atoms with E-state index in [-0.39, 0.29) is 12.3 Å². The molecular formula is C12H11BrN2O3. The SMILES string of the molecule is CCOC(=O)c1c(C=O)c2cc(Br)ncc2n1C. The number of halogens is 1. The van der Waals surface area contributed by atoms with Gasteiger partial charge in [-0.3, -0.25) is 4.79 Å². The molecule has 0 aromatic carbocycles. The minimum Gasteiger partial charge on any atom is -0.461 e. The van der Waals surface area contributed by atoms with Crippen molar-refractivity contribution in [3.05, 3.63) is 28.1 Å². The Kier molecular flexibility index (Phi) is 3.47. The van der Waals surface area contributed by atoms with Crippen molar-refractivity contribution in [2.75, 3.05) is 6.61 Å². The first-order chi connectivity index (χ1) is 8.60. The first-order valence-corrected chi connectivity index (χ1v) is 6.15. The van der Waals surface area contributed by atoms with E-state index in [1.54, 1.807) is 30.8 Å². The van der Waals surface area contributed by atoms with E-state index in [1.807, 2.05) is 0 Å². The number of aryl methyl sites for hydroxylation is 1. The highest BCUT2D eigenvalue weighted by molar-refractivity contribution is 9.10. The maximum Gasteiger partial charge on any atom is 0.355 e. The first kappa shape index (κ1) is 12.8. The number of carbonyl (C=O) groups excluding carboxylic acids is 2. The van der Waals surface area contributed by atoms with Gasteiger partial charge in [0.05, 0.1) is 23.9 Å². The molecule has 2 rings (SSSR count). The second-order valence-electron chi connectivity index (χ2n) is 3.68. The van der Waals surface area contributed by atoms with E-state index in [0.29, 0.717) is 27.4 Å². The standard InChI is InChI=1S/C12H11BrN2O3/c1-3-18-12(17)11-8(6-16)7-4-10(13)14-5-9(7)15(11)2/h4-6H,3H2,1-2H3. The number of fused-ring (bicyclic) bond motifs is 1. The van der Waals surface area contributed by atoms with Gasteiger partial charge in [0.15, 0.2) is 6.29 Å². The third kappa shape index (κ3) is 1.92. The molecule has 0 N–H and O–H groups in total. The summed E-state index contributed by atoms with van der Waals surface area (Å²) in [5.41, 5.74) is 1.29. The fourth-order valence-corrected chi connectivity index (χ4v) is 2.23. The van der Waals surface area contributed by atoms with Gasteiger partial charge < -0.3 is 9.30 Å². The van der Waals surface area contributed by atoms with Crippen molar-refractivity contribution in [2.45, 2.75) is 6.92 Å². The summed E-state index contributed by atoms with van der Waals surface area (Å²) < 4.78 is 7.19. The third-order valence-corrected chi connectivity index (χ3v) is 3.11. The maximum absolute atomic E-state index is 11.9. The summed E-state index contributed by atoms with van der Waals surface area (Å²) in [5, 5.41) is 0.678. The van der Waals surface area contributed by atoms with Crippen LogP contribution in [0.15, 0.2) is 16.9 Å². The molecule has 6 heteroatoms. The van der Waals surface area contributed by atoms with Crippen LogP contribution in [0.25, 0.3) is 10.9 Å². The predicted molar refractivity (Wildman–Crippen MR) is 69.8 cm³/mol. The van der Waals surface area contributed by atoms with Gasteiger partial charge in [-0.25, -0.2) is 9.78 Å². The van der Waals surface area contributed by atoms with Crippen molar-refractivity contribution in [2.24, 2.45) is 7.05 Å². The van der Waals surface area contributed by atoms with E-state index >= 15 is 0 Å². The van der Waals surface area contributed by atoms with E-state index in [4.69, 9.17) is 4.74 Å². The van der Waals surface area contributed by atoms with Gasteiger partial charge in [0, 0.05) is 12.4 Å². The number of ether oxygens (including phenoxy) is 1. The van der Waals surface area contributed by atoms with E-state index in [1.165, 1.54) is 0 Å². The Bertz CT molecular complexity index is 634. The molecule has 0 spiro atoms. The zero-order valence-electron chi connectivity index (χ0n) is 9.94. The lowest BCUT2D eigenvalue weighted by atomic mass is 10.2. The number of pyridine rings is 1. The van der Waals surface area contributed by atoms with Gasteiger partial charge in [-0.1, -0.05) is 0 Å². The van der Waals surface area contributed by atoms with Crippen LogP contribution in [0.4, 0.5) is 0 Å². The number of esters is 1. The van der Waals surface area contributed by atoms with Crippen molar-refractivity contribution >= 4 is 39.1 Å². The Morgan fingerprint density at radius 2 is 2.33 bits per heavy atom. The van der Waals surface area contributed by atoms with Crippen LogP contribution >= 0.6 is 15.9 Å². The fourth-order valence-electron chi connectivity index (χ4n) is 1.90. The second-order valence-corrected chi connectivity index (χ2v) is 4.50. The molecule has 0 unspecified atom stereocenters. The molecule has 2 aromatic rings. The molecule has 5 nitrogen and oxygen atoms in total. The molecule has 0 aliphatic carbocycles. The van der Waals surface area contributed by atoms with Crippen molar-refractivity contribution in [1.82, 2.24) is 9.55 Å². The molecule has 0 radical (unpaired) electrons. The van der Waals surface area contributed by atoms with Crippen LogP contribution in [0.3, 0.4) is 0 Å². The molecular weight excluding hydrogens is 300 g/mol. The van der Waals surface area contributed by atoms with Crippen LogP contribution in [-0.2, 0) is 11.8 Å². The van der Waals surface area contributed by atoms with Gasteiger partial charge in [-0.15, -0.1) is 0 Å². The summed E-state index contributed by atoms with van der Waals surface area (Å²) in [6.45, 7) is 1.99. The van der Waals surface area contributed by atoms with Gasteiger partial charge in [-0.05, 0) is 28.9 Å². The Hall–Kier alpha value is -1.69. The Labute approximate surface area is 112 Å². The maximum atomic E-state index is 11.9. The summed E-state index contributed by atoms with van der Waals surface area (Å²) in [4.78, 5) is 27.2. The summed E-state index contributed by atoms with van der Waals surface area (Å²) >= 11 is 3.24. The van der Waals surface area contributed by atoms with Crippen LogP contribution in [0.5, 0.6) is 0 Å². The number of carbonyl (C=O) groups is 2. The summed E-state index contributed by atoms with van der Waals surface area (Å²) in [5.74, 6) is -0.505. The minimum atomic E-state index is -0.505. The molecule has 0 bridgehead atoms. The summed E-state index contributed by atoms with van der Waals surface area (Å²) in [7, 11) is 1.71. The van der Waals surface area contributed by atoms with Crippen LogP contribution in [0.1, 0.15) is 27.8 Å². The lowest BCUT2D eigenvalue weighted by Crippen LogP contribution is -2.11. The molecule has 0 saturated heterocycles. The number of rotatable bonds is 3. The number of hydrogen-bond acceptors (Lipinski definition) is 4. The van der Waals surface area contributed by atoms with Crippen molar-refractivity contribution in [1.29, 1.82) is 0 Å². The quantitative estimate of drug-likeness (QED) is 0.496. The zero-order chi connectivity index (χ0) is 13.3. The molecule has 18 heavy (non-hydrogen) atoms. The fraction of sp³-hybridized carbons (Fsp3) is 0.250. The molecule has 2 aromatic heterocycles. The lowest BCUT2D eigenvalue weighted by molar-refractivity contribution is 0.0513. The van der Waals surface area contributed by atoms with Crippen LogP contribution in [0, 0.1) is 0 Å². The van der Waals surface area contributed by atoms with E-state index in [9.17, 15) is 9.59 Å².